The normalized spacial score (nSPS) is 8.94. The third kappa shape index (κ3) is 6.35. The number of benzene rings is 1. The molecule has 2 N–H and O–H groups in total. The number of hydrogen-bond acceptors (Lipinski definition) is 4. The van der Waals surface area contributed by atoms with Crippen LogP contribution in [-0.2, 0) is 9.53 Å². The Hall–Kier alpha value is -1.16. The maximum Gasteiger partial charge on any atom is 0.306 e. The lowest BCUT2D eigenvalue weighted by Gasteiger charge is -2.01. The number of methoxy groups -OCH3 is 1. The summed E-state index contributed by atoms with van der Waals surface area (Å²) in [6, 6.07) is 7.58. The Morgan fingerprint density at radius 1 is 1.31 bits per heavy atom. The highest BCUT2D eigenvalue weighted by atomic mass is 32.2. The zero-order chi connectivity index (χ0) is 12.4. The van der Waals surface area contributed by atoms with Gasteiger partial charge >= 0.3 is 5.97 Å². The standard InChI is InChI=1S/C10H13NO2S.C2H6/c1-13-10(12)6-7-14-9-4-2-8(11)3-5-9;1-2/h2-5H,6-7,11H2,1H3;1-2H3. The third-order valence-electron chi connectivity index (χ3n) is 1.68. The molecule has 0 aliphatic carbocycles. The second-order valence-corrected chi connectivity index (χ2v) is 3.91. The van der Waals surface area contributed by atoms with Gasteiger partial charge in [0.1, 0.15) is 0 Å². The van der Waals surface area contributed by atoms with E-state index in [9.17, 15) is 4.79 Å². The van der Waals surface area contributed by atoms with Gasteiger partial charge in [0.15, 0.2) is 0 Å². The van der Waals surface area contributed by atoms with Crippen molar-refractivity contribution in [2.45, 2.75) is 25.2 Å². The average Bonchev–Trinajstić information content (AvgIpc) is 2.34. The summed E-state index contributed by atoms with van der Waals surface area (Å²) in [5.74, 6) is 0.560. The number of carbonyl (C=O) groups excluding carboxylic acids is 1. The summed E-state index contributed by atoms with van der Waals surface area (Å²) in [7, 11) is 1.40. The van der Waals surface area contributed by atoms with Crippen LogP contribution in [0.15, 0.2) is 29.2 Å². The minimum Gasteiger partial charge on any atom is -0.469 e. The highest BCUT2D eigenvalue weighted by molar-refractivity contribution is 7.99. The summed E-state index contributed by atoms with van der Waals surface area (Å²) in [4.78, 5) is 11.9. The summed E-state index contributed by atoms with van der Waals surface area (Å²) in [5.41, 5.74) is 6.29. The summed E-state index contributed by atoms with van der Waals surface area (Å²) < 4.78 is 4.53. The van der Waals surface area contributed by atoms with Crippen molar-refractivity contribution in [3.05, 3.63) is 24.3 Å². The van der Waals surface area contributed by atoms with Crippen LogP contribution in [0.25, 0.3) is 0 Å². The molecule has 0 fully saturated rings. The molecule has 1 aromatic carbocycles. The molecule has 0 atom stereocenters. The number of nitrogens with two attached hydrogens (primary N) is 1. The van der Waals surface area contributed by atoms with Gasteiger partial charge in [-0.25, -0.2) is 0 Å². The monoisotopic (exact) mass is 241 g/mol. The van der Waals surface area contributed by atoms with Gasteiger partial charge in [-0.3, -0.25) is 4.79 Å². The molecule has 0 aromatic heterocycles. The lowest BCUT2D eigenvalue weighted by molar-refractivity contribution is -0.140. The second kappa shape index (κ2) is 9.09. The van der Waals surface area contributed by atoms with Gasteiger partial charge in [0, 0.05) is 16.3 Å². The number of hydrogen-bond donors (Lipinski definition) is 1. The fourth-order valence-corrected chi connectivity index (χ4v) is 1.75. The molecule has 0 saturated heterocycles. The van der Waals surface area contributed by atoms with Crippen molar-refractivity contribution >= 4 is 23.4 Å². The van der Waals surface area contributed by atoms with Gasteiger partial charge in [-0.15, -0.1) is 11.8 Å². The first-order valence-corrected chi connectivity index (χ1v) is 6.26. The van der Waals surface area contributed by atoms with E-state index in [0.29, 0.717) is 6.42 Å². The predicted octanol–water partition coefficient (Wildman–Crippen LogP) is 2.95. The highest BCUT2D eigenvalue weighted by Crippen LogP contribution is 2.19. The van der Waals surface area contributed by atoms with Crippen molar-refractivity contribution in [3.8, 4) is 0 Å². The molecule has 0 saturated carbocycles. The molecule has 0 radical (unpaired) electrons. The van der Waals surface area contributed by atoms with Crippen molar-refractivity contribution in [2.24, 2.45) is 0 Å². The lowest BCUT2D eigenvalue weighted by Crippen LogP contribution is -2.00. The number of ether oxygens (including phenoxy) is 1. The minimum absolute atomic E-state index is 0.173. The van der Waals surface area contributed by atoms with Gasteiger partial charge in [0.2, 0.25) is 0 Å². The van der Waals surface area contributed by atoms with Crippen LogP contribution in [0.3, 0.4) is 0 Å². The number of carbonyl (C=O) groups is 1. The van der Waals surface area contributed by atoms with E-state index in [4.69, 9.17) is 5.73 Å². The van der Waals surface area contributed by atoms with Crippen molar-refractivity contribution in [3.63, 3.8) is 0 Å². The number of anilines is 1. The first-order valence-electron chi connectivity index (χ1n) is 5.27. The zero-order valence-corrected chi connectivity index (χ0v) is 10.8. The van der Waals surface area contributed by atoms with E-state index in [-0.39, 0.29) is 5.97 Å². The molecular formula is C12H19NO2S. The maximum absolute atomic E-state index is 10.8. The molecule has 1 aromatic rings. The number of esters is 1. The fourth-order valence-electron chi connectivity index (χ4n) is 0.918. The van der Waals surface area contributed by atoms with E-state index in [0.717, 1.165) is 16.3 Å². The molecule has 16 heavy (non-hydrogen) atoms. The molecule has 0 spiro atoms. The molecule has 0 amide bonds. The Bertz CT molecular complexity index is 298. The topological polar surface area (TPSA) is 52.3 Å². The van der Waals surface area contributed by atoms with Gasteiger partial charge in [0.25, 0.3) is 0 Å². The van der Waals surface area contributed by atoms with Crippen molar-refractivity contribution < 1.29 is 9.53 Å². The molecule has 90 valence electrons. The number of nitrogen functional groups attached to an aromatic ring is 1. The SMILES string of the molecule is CC.COC(=O)CCSc1ccc(N)cc1. The third-order valence-corrected chi connectivity index (χ3v) is 2.70. The predicted molar refractivity (Wildman–Crippen MR) is 69.6 cm³/mol. The van der Waals surface area contributed by atoms with Gasteiger partial charge < -0.3 is 10.5 Å². The van der Waals surface area contributed by atoms with E-state index < -0.39 is 0 Å². The summed E-state index contributed by atoms with van der Waals surface area (Å²) in [6.07, 6.45) is 0.436. The molecule has 4 heteroatoms. The number of rotatable bonds is 4. The number of thioether (sulfide) groups is 1. The van der Waals surface area contributed by atoms with Crippen LogP contribution in [0.2, 0.25) is 0 Å². The molecular weight excluding hydrogens is 222 g/mol. The minimum atomic E-state index is -0.173. The Morgan fingerprint density at radius 3 is 2.38 bits per heavy atom. The molecule has 0 bridgehead atoms. The van der Waals surface area contributed by atoms with Crippen LogP contribution in [0.5, 0.6) is 0 Å². The second-order valence-electron chi connectivity index (χ2n) is 2.74. The fraction of sp³-hybridized carbons (Fsp3) is 0.417. The summed E-state index contributed by atoms with van der Waals surface area (Å²) in [5, 5.41) is 0. The van der Waals surface area contributed by atoms with Gasteiger partial charge in [-0.05, 0) is 24.3 Å². The molecule has 0 heterocycles. The van der Waals surface area contributed by atoms with E-state index in [1.54, 1.807) is 11.8 Å². The smallest absolute Gasteiger partial charge is 0.306 e. The van der Waals surface area contributed by atoms with Crippen molar-refractivity contribution in [1.82, 2.24) is 0 Å². The lowest BCUT2D eigenvalue weighted by atomic mass is 10.3. The zero-order valence-electron chi connectivity index (χ0n) is 10.0. The Balaban J connectivity index is 0.00000106. The van der Waals surface area contributed by atoms with Crippen LogP contribution in [0.1, 0.15) is 20.3 Å². The molecule has 3 nitrogen and oxygen atoms in total. The average molecular weight is 241 g/mol. The molecule has 0 aliphatic rings. The van der Waals surface area contributed by atoms with E-state index >= 15 is 0 Å². The van der Waals surface area contributed by atoms with Crippen molar-refractivity contribution in [2.75, 3.05) is 18.6 Å². The first-order chi connectivity index (χ1) is 7.72. The van der Waals surface area contributed by atoms with Crippen LogP contribution in [0, 0.1) is 0 Å². The Labute approximate surface area is 101 Å². The highest BCUT2D eigenvalue weighted by Gasteiger charge is 2.00. The van der Waals surface area contributed by atoms with E-state index in [2.05, 4.69) is 4.74 Å². The van der Waals surface area contributed by atoms with Gasteiger partial charge in [-0.1, -0.05) is 13.8 Å². The van der Waals surface area contributed by atoms with E-state index in [1.165, 1.54) is 7.11 Å². The van der Waals surface area contributed by atoms with Crippen LogP contribution in [-0.4, -0.2) is 18.8 Å². The summed E-state index contributed by atoms with van der Waals surface area (Å²) in [6.45, 7) is 4.00. The van der Waals surface area contributed by atoms with Crippen LogP contribution in [0.4, 0.5) is 5.69 Å². The quantitative estimate of drug-likeness (QED) is 0.500. The first kappa shape index (κ1) is 14.8. The summed E-state index contributed by atoms with van der Waals surface area (Å²) >= 11 is 1.62. The Kier molecular flexibility index (Phi) is 8.43. The molecule has 1 rings (SSSR count). The maximum atomic E-state index is 10.8. The molecule has 0 unspecified atom stereocenters. The van der Waals surface area contributed by atoms with Crippen molar-refractivity contribution in [1.29, 1.82) is 0 Å². The van der Waals surface area contributed by atoms with Gasteiger partial charge in [-0.2, -0.15) is 0 Å². The largest absolute Gasteiger partial charge is 0.469 e. The molecule has 0 aliphatic heterocycles. The van der Waals surface area contributed by atoms with E-state index in [1.807, 2.05) is 38.1 Å². The van der Waals surface area contributed by atoms with Crippen LogP contribution >= 0.6 is 11.8 Å². The van der Waals surface area contributed by atoms with Gasteiger partial charge in [0.05, 0.1) is 13.5 Å². The Morgan fingerprint density at radius 2 is 1.88 bits per heavy atom. The van der Waals surface area contributed by atoms with Crippen LogP contribution < -0.4 is 5.73 Å².